The van der Waals surface area contributed by atoms with Gasteiger partial charge in [0.2, 0.25) is 0 Å². The SMILES string of the molecule is O=C(NO[C@@H]1CCCCO1)[C@@H]1CCCN1C(=O)c1cc(Cl)cc(Cl)c1. The smallest absolute Gasteiger partial charge is 0.266 e. The zero-order chi connectivity index (χ0) is 17.8. The molecule has 6 nitrogen and oxygen atoms in total. The summed E-state index contributed by atoms with van der Waals surface area (Å²) in [5.74, 6) is -0.607. The van der Waals surface area contributed by atoms with Crippen LogP contribution < -0.4 is 5.48 Å². The summed E-state index contributed by atoms with van der Waals surface area (Å²) in [5, 5.41) is 0.766. The summed E-state index contributed by atoms with van der Waals surface area (Å²) in [6.07, 6.45) is 3.66. The number of ether oxygens (including phenoxy) is 1. The van der Waals surface area contributed by atoms with Gasteiger partial charge in [0.1, 0.15) is 6.04 Å². The molecule has 2 amide bonds. The lowest BCUT2D eigenvalue weighted by molar-refractivity contribution is -0.201. The molecule has 0 bridgehead atoms. The molecule has 1 aromatic rings. The number of hydrogen-bond acceptors (Lipinski definition) is 4. The second-order valence-corrected chi connectivity index (χ2v) is 7.07. The van der Waals surface area contributed by atoms with E-state index in [0.717, 1.165) is 25.7 Å². The number of benzene rings is 1. The predicted octanol–water partition coefficient (Wildman–Crippen LogP) is 3.17. The number of carbonyl (C=O) groups is 2. The Morgan fingerprint density at radius 1 is 1.12 bits per heavy atom. The molecule has 2 aliphatic rings. The number of amides is 2. The zero-order valence-electron chi connectivity index (χ0n) is 13.7. The van der Waals surface area contributed by atoms with Gasteiger partial charge in [0.25, 0.3) is 11.8 Å². The van der Waals surface area contributed by atoms with E-state index in [9.17, 15) is 9.59 Å². The van der Waals surface area contributed by atoms with Crippen LogP contribution in [0.15, 0.2) is 18.2 Å². The number of nitrogens with zero attached hydrogens (tertiary/aromatic N) is 1. The van der Waals surface area contributed by atoms with Crippen LogP contribution in [-0.2, 0) is 14.4 Å². The molecule has 0 saturated carbocycles. The average Bonchev–Trinajstić information content (AvgIpc) is 3.09. The molecule has 0 aliphatic carbocycles. The topological polar surface area (TPSA) is 67.9 Å². The van der Waals surface area contributed by atoms with E-state index in [-0.39, 0.29) is 11.8 Å². The lowest BCUT2D eigenvalue weighted by Crippen LogP contribution is -2.47. The van der Waals surface area contributed by atoms with Crippen LogP contribution in [0.1, 0.15) is 42.5 Å². The Morgan fingerprint density at radius 2 is 1.88 bits per heavy atom. The van der Waals surface area contributed by atoms with E-state index in [1.165, 1.54) is 4.90 Å². The number of halogens is 2. The van der Waals surface area contributed by atoms with Crippen molar-refractivity contribution in [2.24, 2.45) is 0 Å². The minimum absolute atomic E-state index is 0.268. The van der Waals surface area contributed by atoms with Crippen molar-refractivity contribution >= 4 is 35.0 Å². The molecule has 2 heterocycles. The summed E-state index contributed by atoms with van der Waals surface area (Å²) in [7, 11) is 0. The number of nitrogens with one attached hydrogen (secondary N) is 1. The Morgan fingerprint density at radius 3 is 2.56 bits per heavy atom. The van der Waals surface area contributed by atoms with E-state index < -0.39 is 12.3 Å². The first-order valence-electron chi connectivity index (χ1n) is 8.39. The quantitative estimate of drug-likeness (QED) is 0.806. The largest absolute Gasteiger partial charge is 0.350 e. The Balaban J connectivity index is 1.62. The van der Waals surface area contributed by atoms with E-state index in [1.807, 2.05) is 0 Å². The Kier molecular flexibility index (Phi) is 6.17. The number of likely N-dealkylation sites (tertiary alicyclic amines) is 1. The second kappa shape index (κ2) is 8.36. The van der Waals surface area contributed by atoms with Crippen molar-refractivity contribution in [1.82, 2.24) is 10.4 Å². The van der Waals surface area contributed by atoms with Crippen molar-refractivity contribution in [3.63, 3.8) is 0 Å². The van der Waals surface area contributed by atoms with Gasteiger partial charge in [-0.25, -0.2) is 10.3 Å². The molecule has 2 saturated heterocycles. The molecule has 0 radical (unpaired) electrons. The van der Waals surface area contributed by atoms with Crippen molar-refractivity contribution in [3.8, 4) is 0 Å². The first-order valence-corrected chi connectivity index (χ1v) is 9.14. The lowest BCUT2D eigenvalue weighted by atomic mass is 10.1. The molecule has 3 rings (SSSR count). The van der Waals surface area contributed by atoms with Gasteiger partial charge in [0.15, 0.2) is 6.29 Å². The Bertz CT molecular complexity index is 629. The first kappa shape index (κ1) is 18.5. The normalized spacial score (nSPS) is 23.5. The zero-order valence-corrected chi connectivity index (χ0v) is 15.2. The van der Waals surface area contributed by atoms with Crippen LogP contribution in [0.25, 0.3) is 0 Å². The van der Waals surface area contributed by atoms with Crippen LogP contribution in [0.4, 0.5) is 0 Å². The molecule has 0 unspecified atom stereocenters. The molecular weight excluding hydrogens is 367 g/mol. The summed E-state index contributed by atoms with van der Waals surface area (Å²) in [4.78, 5) is 32.0. The van der Waals surface area contributed by atoms with Crippen molar-refractivity contribution < 1.29 is 19.2 Å². The fourth-order valence-corrected chi connectivity index (χ4v) is 3.65. The van der Waals surface area contributed by atoms with Crippen LogP contribution in [0.5, 0.6) is 0 Å². The minimum Gasteiger partial charge on any atom is -0.350 e. The monoisotopic (exact) mass is 386 g/mol. The summed E-state index contributed by atoms with van der Waals surface area (Å²) in [6.45, 7) is 1.13. The molecule has 1 N–H and O–H groups in total. The number of carbonyl (C=O) groups excluding carboxylic acids is 2. The Labute approximate surface area is 156 Å². The van der Waals surface area contributed by atoms with E-state index in [4.69, 9.17) is 32.8 Å². The summed E-state index contributed by atoms with van der Waals surface area (Å²) >= 11 is 11.9. The summed E-state index contributed by atoms with van der Waals surface area (Å²) in [5.41, 5.74) is 2.81. The van der Waals surface area contributed by atoms with Gasteiger partial charge in [-0.15, -0.1) is 0 Å². The molecule has 2 fully saturated rings. The molecule has 8 heteroatoms. The van der Waals surface area contributed by atoms with Crippen LogP contribution in [0, 0.1) is 0 Å². The fraction of sp³-hybridized carbons (Fsp3) is 0.529. The molecular formula is C17H20Cl2N2O4. The molecule has 1 aromatic carbocycles. The number of rotatable bonds is 4. The third-order valence-corrected chi connectivity index (χ3v) is 4.79. The third kappa shape index (κ3) is 4.64. The van der Waals surface area contributed by atoms with E-state index in [0.29, 0.717) is 35.2 Å². The Hall–Kier alpha value is -1.34. The highest BCUT2D eigenvalue weighted by Crippen LogP contribution is 2.24. The van der Waals surface area contributed by atoms with Gasteiger partial charge >= 0.3 is 0 Å². The van der Waals surface area contributed by atoms with Crippen LogP contribution in [0.3, 0.4) is 0 Å². The highest BCUT2D eigenvalue weighted by atomic mass is 35.5. The summed E-state index contributed by atoms with van der Waals surface area (Å²) in [6, 6.07) is 4.09. The van der Waals surface area contributed by atoms with Gasteiger partial charge in [-0.2, -0.15) is 0 Å². The van der Waals surface area contributed by atoms with Crippen LogP contribution in [-0.4, -0.2) is 42.2 Å². The van der Waals surface area contributed by atoms with Gasteiger partial charge in [-0.05, 0) is 43.9 Å². The maximum Gasteiger partial charge on any atom is 0.266 e. The van der Waals surface area contributed by atoms with Crippen molar-refractivity contribution in [2.75, 3.05) is 13.2 Å². The third-order valence-electron chi connectivity index (χ3n) is 4.35. The maximum atomic E-state index is 12.7. The van der Waals surface area contributed by atoms with Gasteiger partial charge in [0, 0.05) is 35.2 Å². The van der Waals surface area contributed by atoms with E-state index in [1.54, 1.807) is 18.2 Å². The van der Waals surface area contributed by atoms with Gasteiger partial charge in [0.05, 0.1) is 0 Å². The molecule has 136 valence electrons. The van der Waals surface area contributed by atoms with E-state index in [2.05, 4.69) is 5.48 Å². The highest BCUT2D eigenvalue weighted by molar-refractivity contribution is 6.35. The van der Waals surface area contributed by atoms with Gasteiger partial charge in [-0.1, -0.05) is 23.2 Å². The predicted molar refractivity (Wildman–Crippen MR) is 93.3 cm³/mol. The molecule has 0 spiro atoms. The molecule has 25 heavy (non-hydrogen) atoms. The van der Waals surface area contributed by atoms with Crippen molar-refractivity contribution in [3.05, 3.63) is 33.8 Å². The summed E-state index contributed by atoms with van der Waals surface area (Å²) < 4.78 is 5.41. The number of hydrogen-bond donors (Lipinski definition) is 1. The highest BCUT2D eigenvalue weighted by Gasteiger charge is 2.35. The molecule has 2 atom stereocenters. The van der Waals surface area contributed by atoms with Crippen molar-refractivity contribution in [2.45, 2.75) is 44.4 Å². The maximum absolute atomic E-state index is 12.7. The average molecular weight is 387 g/mol. The van der Waals surface area contributed by atoms with E-state index >= 15 is 0 Å². The van der Waals surface area contributed by atoms with Gasteiger partial charge < -0.3 is 9.64 Å². The first-order chi connectivity index (χ1) is 12.0. The second-order valence-electron chi connectivity index (χ2n) is 6.19. The van der Waals surface area contributed by atoms with Gasteiger partial charge in [-0.3, -0.25) is 9.59 Å². The van der Waals surface area contributed by atoms with Crippen molar-refractivity contribution in [1.29, 1.82) is 0 Å². The number of hydroxylamine groups is 1. The van der Waals surface area contributed by atoms with Crippen LogP contribution in [0.2, 0.25) is 10.0 Å². The lowest BCUT2D eigenvalue weighted by Gasteiger charge is -2.26. The standard InChI is InChI=1S/C17H20Cl2N2O4/c18-12-8-11(9-13(19)10-12)17(23)21-6-3-4-14(21)16(22)20-25-15-5-1-2-7-24-15/h8-10,14-15H,1-7H2,(H,20,22)/t14-,15+/m0/s1. The minimum atomic E-state index is -0.575. The fourth-order valence-electron chi connectivity index (χ4n) is 3.12. The molecule has 0 aromatic heterocycles. The van der Waals surface area contributed by atoms with Crippen LogP contribution >= 0.6 is 23.2 Å². The molecule has 2 aliphatic heterocycles.